The van der Waals surface area contributed by atoms with Crippen LogP contribution in [0.2, 0.25) is 0 Å². The Labute approximate surface area is 102 Å². The van der Waals surface area contributed by atoms with Gasteiger partial charge in [0.05, 0.1) is 11.3 Å². The Morgan fingerprint density at radius 3 is 2.61 bits per heavy atom. The van der Waals surface area contributed by atoms with Gasteiger partial charge >= 0.3 is 5.97 Å². The molecule has 1 aromatic rings. The van der Waals surface area contributed by atoms with Crippen molar-refractivity contribution in [2.24, 2.45) is 0 Å². The number of carbonyl (C=O) groups excluding carboxylic acids is 2. The van der Waals surface area contributed by atoms with E-state index in [0.29, 0.717) is 18.7 Å². The van der Waals surface area contributed by atoms with Crippen molar-refractivity contribution in [1.82, 2.24) is 5.32 Å². The lowest BCUT2D eigenvalue weighted by molar-refractivity contribution is -0.124. The van der Waals surface area contributed by atoms with E-state index in [0.717, 1.165) is 0 Å². The van der Waals surface area contributed by atoms with Crippen molar-refractivity contribution in [3.63, 3.8) is 0 Å². The molecular weight excluding hydrogens is 246 g/mol. The second kappa shape index (κ2) is 5.95. The lowest BCUT2D eigenvalue weighted by atomic mass is 10.2. The molecule has 0 aliphatic carbocycles. The standard InChI is InChI=1S/C11H12F2N2O3/c1-2-15-10(16)5-18-11(17)6-3-8(13)9(14)4-7(6)12/h3-4H,2,5,14H2,1H3,(H,15,16). The van der Waals surface area contributed by atoms with Gasteiger partial charge in [0.1, 0.15) is 11.6 Å². The zero-order valence-corrected chi connectivity index (χ0v) is 9.63. The van der Waals surface area contributed by atoms with E-state index < -0.39 is 41.4 Å². The highest BCUT2D eigenvalue weighted by atomic mass is 19.1. The van der Waals surface area contributed by atoms with Gasteiger partial charge in [-0.1, -0.05) is 0 Å². The largest absolute Gasteiger partial charge is 0.452 e. The summed E-state index contributed by atoms with van der Waals surface area (Å²) in [5.41, 5.74) is 4.11. The van der Waals surface area contributed by atoms with E-state index in [-0.39, 0.29) is 0 Å². The zero-order chi connectivity index (χ0) is 13.7. The number of halogens is 2. The Kier molecular flexibility index (Phi) is 4.59. The van der Waals surface area contributed by atoms with Gasteiger partial charge in [0.2, 0.25) is 0 Å². The topological polar surface area (TPSA) is 81.4 Å². The van der Waals surface area contributed by atoms with E-state index in [1.54, 1.807) is 6.92 Å². The number of ether oxygens (including phenoxy) is 1. The van der Waals surface area contributed by atoms with Crippen molar-refractivity contribution >= 4 is 17.6 Å². The van der Waals surface area contributed by atoms with Crippen LogP contribution >= 0.6 is 0 Å². The number of nitrogens with one attached hydrogen (secondary N) is 1. The Morgan fingerprint density at radius 2 is 2.00 bits per heavy atom. The van der Waals surface area contributed by atoms with Gasteiger partial charge in [-0.2, -0.15) is 0 Å². The van der Waals surface area contributed by atoms with Crippen molar-refractivity contribution < 1.29 is 23.1 Å². The molecule has 0 spiro atoms. The van der Waals surface area contributed by atoms with Gasteiger partial charge in [0.15, 0.2) is 6.61 Å². The summed E-state index contributed by atoms with van der Waals surface area (Å²) in [6, 6.07) is 1.31. The molecular formula is C11H12F2N2O3. The first-order valence-electron chi connectivity index (χ1n) is 5.14. The van der Waals surface area contributed by atoms with Crippen LogP contribution in [0.15, 0.2) is 12.1 Å². The molecule has 1 rings (SSSR count). The molecule has 0 aliphatic heterocycles. The molecule has 98 valence electrons. The van der Waals surface area contributed by atoms with Crippen LogP contribution in [0.4, 0.5) is 14.5 Å². The number of benzene rings is 1. The van der Waals surface area contributed by atoms with Crippen LogP contribution in [0, 0.1) is 11.6 Å². The maximum absolute atomic E-state index is 13.3. The predicted octanol–water partition coefficient (Wildman–Crippen LogP) is 0.840. The van der Waals surface area contributed by atoms with Gasteiger partial charge in [-0.15, -0.1) is 0 Å². The predicted molar refractivity (Wildman–Crippen MR) is 59.7 cm³/mol. The lowest BCUT2D eigenvalue weighted by Crippen LogP contribution is -2.28. The van der Waals surface area contributed by atoms with E-state index in [1.807, 2.05) is 0 Å². The molecule has 0 saturated heterocycles. The minimum atomic E-state index is -1.13. The lowest BCUT2D eigenvalue weighted by Gasteiger charge is -2.06. The van der Waals surface area contributed by atoms with Crippen molar-refractivity contribution in [2.75, 3.05) is 18.9 Å². The molecule has 0 heterocycles. The summed E-state index contributed by atoms with van der Waals surface area (Å²) >= 11 is 0. The van der Waals surface area contributed by atoms with Crippen molar-refractivity contribution in [2.45, 2.75) is 6.92 Å². The maximum atomic E-state index is 13.3. The van der Waals surface area contributed by atoms with Crippen molar-refractivity contribution in [1.29, 1.82) is 0 Å². The van der Waals surface area contributed by atoms with Gasteiger partial charge in [0.25, 0.3) is 5.91 Å². The summed E-state index contributed by atoms with van der Waals surface area (Å²) < 4.78 is 30.9. The Balaban J connectivity index is 2.73. The van der Waals surface area contributed by atoms with Crippen LogP contribution in [-0.4, -0.2) is 25.0 Å². The highest BCUT2D eigenvalue weighted by Gasteiger charge is 2.17. The van der Waals surface area contributed by atoms with Crippen molar-refractivity contribution in [3.8, 4) is 0 Å². The summed E-state index contributed by atoms with van der Waals surface area (Å²) in [5, 5.41) is 2.38. The molecule has 3 N–H and O–H groups in total. The normalized spacial score (nSPS) is 9.94. The monoisotopic (exact) mass is 258 g/mol. The molecule has 5 nitrogen and oxygen atoms in total. The summed E-state index contributed by atoms with van der Waals surface area (Å²) in [6.07, 6.45) is 0. The average molecular weight is 258 g/mol. The number of carbonyl (C=O) groups is 2. The first kappa shape index (κ1) is 13.9. The summed E-state index contributed by atoms with van der Waals surface area (Å²) in [6.45, 7) is 1.51. The molecule has 0 bridgehead atoms. The number of anilines is 1. The molecule has 0 fully saturated rings. The Morgan fingerprint density at radius 1 is 1.33 bits per heavy atom. The van der Waals surface area contributed by atoms with Crippen LogP contribution in [0.5, 0.6) is 0 Å². The van der Waals surface area contributed by atoms with Gasteiger partial charge < -0.3 is 15.8 Å². The molecule has 1 aromatic carbocycles. The van der Waals surface area contributed by atoms with Gasteiger partial charge in [0, 0.05) is 12.6 Å². The fourth-order valence-electron chi connectivity index (χ4n) is 1.18. The maximum Gasteiger partial charge on any atom is 0.341 e. The molecule has 0 saturated carbocycles. The van der Waals surface area contributed by atoms with E-state index in [9.17, 15) is 18.4 Å². The molecule has 0 atom stereocenters. The smallest absolute Gasteiger partial charge is 0.341 e. The Bertz CT molecular complexity index is 478. The van der Waals surface area contributed by atoms with Gasteiger partial charge in [-0.05, 0) is 13.0 Å². The molecule has 0 radical (unpaired) electrons. The third-order valence-corrected chi connectivity index (χ3v) is 2.01. The third-order valence-electron chi connectivity index (χ3n) is 2.01. The molecule has 0 aromatic heterocycles. The summed E-state index contributed by atoms with van der Waals surface area (Å²) in [7, 11) is 0. The highest BCUT2D eigenvalue weighted by Crippen LogP contribution is 2.17. The van der Waals surface area contributed by atoms with E-state index >= 15 is 0 Å². The number of esters is 1. The minimum Gasteiger partial charge on any atom is -0.452 e. The number of hydrogen-bond donors (Lipinski definition) is 2. The number of nitrogen functional groups attached to an aromatic ring is 1. The Hall–Kier alpha value is -2.18. The molecule has 7 heteroatoms. The zero-order valence-electron chi connectivity index (χ0n) is 9.63. The van der Waals surface area contributed by atoms with E-state index in [4.69, 9.17) is 5.73 Å². The van der Waals surface area contributed by atoms with Gasteiger partial charge in [-0.25, -0.2) is 13.6 Å². The number of rotatable bonds is 4. The van der Waals surface area contributed by atoms with Crippen molar-refractivity contribution in [3.05, 3.63) is 29.3 Å². The summed E-state index contributed by atoms with van der Waals surface area (Å²) in [5.74, 6) is -3.59. The number of hydrogen-bond acceptors (Lipinski definition) is 4. The number of amides is 1. The molecule has 0 aliphatic rings. The minimum absolute atomic E-state index is 0.376. The highest BCUT2D eigenvalue weighted by molar-refractivity contribution is 5.92. The molecule has 1 amide bonds. The third kappa shape index (κ3) is 3.41. The SMILES string of the molecule is CCNC(=O)COC(=O)c1cc(F)c(N)cc1F. The fourth-order valence-corrected chi connectivity index (χ4v) is 1.18. The molecule has 18 heavy (non-hydrogen) atoms. The van der Waals surface area contributed by atoms with Crippen LogP contribution in [0.1, 0.15) is 17.3 Å². The second-order valence-corrected chi connectivity index (χ2v) is 3.38. The first-order chi connectivity index (χ1) is 8.45. The quantitative estimate of drug-likeness (QED) is 0.619. The van der Waals surface area contributed by atoms with Crippen LogP contribution in [0.25, 0.3) is 0 Å². The number of nitrogens with two attached hydrogens (primary N) is 1. The van der Waals surface area contributed by atoms with Crippen LogP contribution in [-0.2, 0) is 9.53 Å². The average Bonchev–Trinajstić information content (AvgIpc) is 2.31. The van der Waals surface area contributed by atoms with E-state index in [2.05, 4.69) is 10.1 Å². The molecule has 0 unspecified atom stereocenters. The van der Waals surface area contributed by atoms with Gasteiger partial charge in [-0.3, -0.25) is 4.79 Å². The fraction of sp³-hybridized carbons (Fsp3) is 0.273. The first-order valence-corrected chi connectivity index (χ1v) is 5.14. The van der Waals surface area contributed by atoms with Crippen LogP contribution in [0.3, 0.4) is 0 Å². The second-order valence-electron chi connectivity index (χ2n) is 3.38. The summed E-state index contributed by atoms with van der Waals surface area (Å²) in [4.78, 5) is 22.4. The van der Waals surface area contributed by atoms with Crippen LogP contribution < -0.4 is 11.1 Å². The number of likely N-dealkylation sites (N-methyl/N-ethyl adjacent to an activating group) is 1. The van der Waals surface area contributed by atoms with E-state index in [1.165, 1.54) is 0 Å².